The molecule has 0 saturated carbocycles. The Balaban J connectivity index is 2.52. The van der Waals surface area contributed by atoms with Gasteiger partial charge in [-0.05, 0) is 40.0 Å². The van der Waals surface area contributed by atoms with Crippen molar-refractivity contribution in [2.45, 2.75) is 142 Å². The molecule has 1 fully saturated rings. The van der Waals surface area contributed by atoms with E-state index in [4.69, 9.17) is 14.2 Å². The van der Waals surface area contributed by atoms with Crippen molar-refractivity contribution < 1.29 is 29.2 Å². The van der Waals surface area contributed by atoms with Crippen molar-refractivity contribution in [3.05, 3.63) is 0 Å². The summed E-state index contributed by atoms with van der Waals surface area (Å²) in [5, 5.41) is 20.6. The third-order valence-corrected chi connectivity index (χ3v) is 5.91. The van der Waals surface area contributed by atoms with E-state index in [1.54, 1.807) is 6.92 Å². The van der Waals surface area contributed by atoms with Gasteiger partial charge < -0.3 is 29.2 Å². The van der Waals surface area contributed by atoms with Gasteiger partial charge in [0.25, 0.3) is 0 Å². The molecule has 6 nitrogen and oxygen atoms in total. The second-order valence-electron chi connectivity index (χ2n) is 8.75. The normalized spacial score (nSPS) is 24.7. The third-order valence-electron chi connectivity index (χ3n) is 5.91. The molecule has 0 radical (unpaired) electrons. The van der Waals surface area contributed by atoms with Gasteiger partial charge in [0, 0.05) is 19.4 Å². The van der Waals surface area contributed by atoms with Crippen LogP contribution in [0.25, 0.3) is 0 Å². The fraction of sp³-hybridized carbons (Fsp3) is 0.958. The summed E-state index contributed by atoms with van der Waals surface area (Å²) in [6.07, 6.45) is 9.24. The van der Waals surface area contributed by atoms with E-state index in [1.165, 1.54) is 0 Å². The lowest BCUT2D eigenvalue weighted by Gasteiger charge is -2.29. The Morgan fingerprint density at radius 1 is 1.10 bits per heavy atom. The number of ketones is 1. The van der Waals surface area contributed by atoms with E-state index >= 15 is 0 Å². The Morgan fingerprint density at radius 2 is 1.80 bits per heavy atom. The summed E-state index contributed by atoms with van der Waals surface area (Å²) < 4.78 is 17.7. The number of hydrogen-bond donors (Lipinski definition) is 2. The van der Waals surface area contributed by atoms with Gasteiger partial charge in [-0.25, -0.2) is 0 Å². The highest BCUT2D eigenvalue weighted by molar-refractivity contribution is 5.75. The molecular formula is C24H46O6. The molecule has 0 aliphatic carbocycles. The van der Waals surface area contributed by atoms with E-state index in [1.807, 2.05) is 13.8 Å². The van der Waals surface area contributed by atoms with Crippen LogP contribution in [0.4, 0.5) is 0 Å². The topological polar surface area (TPSA) is 85.2 Å². The molecule has 2 N–H and O–H groups in total. The van der Waals surface area contributed by atoms with Gasteiger partial charge in [-0.3, -0.25) is 0 Å². The Kier molecular flexibility index (Phi) is 14.8. The second kappa shape index (κ2) is 16.2. The van der Waals surface area contributed by atoms with Gasteiger partial charge in [0.05, 0.1) is 24.4 Å². The summed E-state index contributed by atoms with van der Waals surface area (Å²) in [5.74, 6) is 0.260. The van der Waals surface area contributed by atoms with Gasteiger partial charge in [0.1, 0.15) is 11.9 Å². The van der Waals surface area contributed by atoms with Crippen LogP contribution in [-0.2, 0) is 19.0 Å². The minimum Gasteiger partial charge on any atom is -0.390 e. The number of hydrogen-bond acceptors (Lipinski definition) is 6. The van der Waals surface area contributed by atoms with Crippen molar-refractivity contribution in [3.63, 3.8) is 0 Å². The number of aliphatic hydroxyl groups is 2. The van der Waals surface area contributed by atoms with Gasteiger partial charge in [0.2, 0.25) is 0 Å². The Bertz CT molecular complexity index is 443. The average molecular weight is 431 g/mol. The van der Waals surface area contributed by atoms with Crippen LogP contribution >= 0.6 is 0 Å². The second-order valence-corrected chi connectivity index (χ2v) is 8.75. The zero-order chi connectivity index (χ0) is 22.4. The number of carbonyl (C=O) groups excluding carboxylic acids is 1. The van der Waals surface area contributed by atoms with E-state index in [2.05, 4.69) is 6.92 Å². The average Bonchev–Trinajstić information content (AvgIpc) is 3.06. The first-order chi connectivity index (χ1) is 14.4. The summed E-state index contributed by atoms with van der Waals surface area (Å²) in [5.41, 5.74) is 0. The molecule has 1 rings (SSSR count). The Hall–Kier alpha value is -0.530. The van der Waals surface area contributed by atoms with Crippen LogP contribution in [0.3, 0.4) is 0 Å². The van der Waals surface area contributed by atoms with E-state index in [0.717, 1.165) is 64.2 Å². The minimum absolute atomic E-state index is 0.119. The van der Waals surface area contributed by atoms with Gasteiger partial charge in [-0.15, -0.1) is 0 Å². The Morgan fingerprint density at radius 3 is 2.47 bits per heavy atom. The largest absolute Gasteiger partial charge is 0.390 e. The molecule has 0 aromatic carbocycles. The van der Waals surface area contributed by atoms with Crippen molar-refractivity contribution >= 4 is 5.78 Å². The highest BCUT2D eigenvalue weighted by Crippen LogP contribution is 2.30. The standard InChI is InChI=1S/C24H46O6/c1-5-7-11-15-21-20(26)17-23(30-21)22(29-19(4)24(27)28-6-2)16-13-10-8-9-12-14-18(3)25/h19-24,26-27H,5-17H2,1-4H3. The smallest absolute Gasteiger partial charge is 0.180 e. The van der Waals surface area contributed by atoms with Crippen LogP contribution in [0.1, 0.15) is 105 Å². The highest BCUT2D eigenvalue weighted by Gasteiger charge is 2.39. The zero-order valence-electron chi connectivity index (χ0n) is 19.7. The zero-order valence-corrected chi connectivity index (χ0v) is 19.7. The molecular weight excluding hydrogens is 384 g/mol. The molecule has 1 aliphatic heterocycles. The lowest BCUT2D eigenvalue weighted by Crippen LogP contribution is -2.38. The Labute approximate surface area is 183 Å². The van der Waals surface area contributed by atoms with Gasteiger partial charge in [0.15, 0.2) is 6.29 Å². The van der Waals surface area contributed by atoms with Crippen LogP contribution in [0.2, 0.25) is 0 Å². The molecule has 0 amide bonds. The molecule has 1 saturated heterocycles. The predicted molar refractivity (Wildman–Crippen MR) is 118 cm³/mol. The predicted octanol–water partition coefficient (Wildman–Crippen LogP) is 4.53. The maximum Gasteiger partial charge on any atom is 0.180 e. The number of carbonyl (C=O) groups is 1. The van der Waals surface area contributed by atoms with E-state index in [-0.39, 0.29) is 24.1 Å². The van der Waals surface area contributed by atoms with Crippen LogP contribution in [-0.4, -0.2) is 59.4 Å². The lowest BCUT2D eigenvalue weighted by atomic mass is 9.99. The van der Waals surface area contributed by atoms with Crippen LogP contribution in [0.15, 0.2) is 0 Å². The number of unbranched alkanes of at least 4 members (excludes halogenated alkanes) is 6. The first-order valence-corrected chi connectivity index (χ1v) is 12.2. The number of aliphatic hydroxyl groups excluding tert-OH is 2. The van der Waals surface area contributed by atoms with Crippen molar-refractivity contribution in [3.8, 4) is 0 Å². The van der Waals surface area contributed by atoms with Crippen molar-refractivity contribution in [1.29, 1.82) is 0 Å². The van der Waals surface area contributed by atoms with Crippen LogP contribution in [0.5, 0.6) is 0 Å². The molecule has 6 heteroatoms. The molecule has 1 aliphatic rings. The summed E-state index contributed by atoms with van der Waals surface area (Å²) in [6, 6.07) is 0. The van der Waals surface area contributed by atoms with Crippen molar-refractivity contribution in [1.82, 2.24) is 0 Å². The summed E-state index contributed by atoms with van der Waals surface area (Å²) in [4.78, 5) is 11.0. The van der Waals surface area contributed by atoms with Gasteiger partial charge in [-0.2, -0.15) is 0 Å². The molecule has 0 spiro atoms. The summed E-state index contributed by atoms with van der Waals surface area (Å²) in [7, 11) is 0. The van der Waals surface area contributed by atoms with Gasteiger partial charge >= 0.3 is 0 Å². The molecule has 6 atom stereocenters. The van der Waals surface area contributed by atoms with Crippen molar-refractivity contribution in [2.24, 2.45) is 0 Å². The van der Waals surface area contributed by atoms with Crippen LogP contribution in [0, 0.1) is 0 Å². The number of ether oxygens (including phenoxy) is 3. The molecule has 6 unspecified atom stereocenters. The summed E-state index contributed by atoms with van der Waals surface area (Å²) in [6.45, 7) is 7.91. The molecule has 0 aromatic rings. The molecule has 30 heavy (non-hydrogen) atoms. The molecule has 178 valence electrons. The molecule has 0 aromatic heterocycles. The third kappa shape index (κ3) is 11.2. The quantitative estimate of drug-likeness (QED) is 0.245. The maximum atomic E-state index is 11.0. The fourth-order valence-corrected chi connectivity index (χ4v) is 4.10. The van der Waals surface area contributed by atoms with Gasteiger partial charge in [-0.1, -0.05) is 51.9 Å². The first-order valence-electron chi connectivity index (χ1n) is 12.2. The maximum absolute atomic E-state index is 11.0. The molecule has 1 heterocycles. The SMILES string of the molecule is CCCCCC1OC(C(CCCCCCCC(C)=O)OC(C)C(O)OCC)CC1O. The minimum atomic E-state index is -0.962. The van der Waals surface area contributed by atoms with E-state index in [0.29, 0.717) is 19.4 Å². The summed E-state index contributed by atoms with van der Waals surface area (Å²) >= 11 is 0. The number of Topliss-reactive ketones (excluding diaryl/α,β-unsaturated/α-hetero) is 1. The van der Waals surface area contributed by atoms with Crippen molar-refractivity contribution in [2.75, 3.05) is 6.61 Å². The lowest BCUT2D eigenvalue weighted by molar-refractivity contribution is -0.200. The number of rotatable bonds is 18. The monoisotopic (exact) mass is 430 g/mol. The molecule has 0 bridgehead atoms. The fourth-order valence-electron chi connectivity index (χ4n) is 4.10. The van der Waals surface area contributed by atoms with E-state index in [9.17, 15) is 15.0 Å². The first kappa shape index (κ1) is 27.5. The highest BCUT2D eigenvalue weighted by atomic mass is 16.6. The van der Waals surface area contributed by atoms with Crippen LogP contribution < -0.4 is 0 Å². The van der Waals surface area contributed by atoms with E-state index < -0.39 is 18.5 Å².